The molecular weight excluding hydrogens is 326 g/mol. The predicted octanol–water partition coefficient (Wildman–Crippen LogP) is 3.03. The molecule has 1 aliphatic rings. The van der Waals surface area contributed by atoms with Gasteiger partial charge in [-0.25, -0.2) is 4.98 Å². The third-order valence-electron chi connectivity index (χ3n) is 4.86. The van der Waals surface area contributed by atoms with E-state index in [1.54, 1.807) is 13.3 Å². The number of hydrogen-bond acceptors (Lipinski definition) is 4. The van der Waals surface area contributed by atoms with Gasteiger partial charge < -0.3 is 14.4 Å². The topological polar surface area (TPSA) is 50.5 Å². The number of piperidine rings is 1. The van der Waals surface area contributed by atoms with E-state index >= 15 is 0 Å². The molecule has 1 unspecified atom stereocenters. The van der Waals surface area contributed by atoms with Gasteiger partial charge in [-0.2, -0.15) is 0 Å². The van der Waals surface area contributed by atoms with E-state index in [2.05, 4.69) is 9.88 Å². The lowest BCUT2D eigenvalue weighted by atomic mass is 9.90. The van der Waals surface area contributed by atoms with Crippen LogP contribution in [0.4, 0.5) is 0 Å². The number of ether oxygens (including phenoxy) is 1. The zero-order chi connectivity index (χ0) is 17.1. The number of aliphatic hydroxyl groups excluding tert-OH is 1. The summed E-state index contributed by atoms with van der Waals surface area (Å²) < 4.78 is 7.09. The van der Waals surface area contributed by atoms with E-state index in [1.165, 1.54) is 0 Å². The van der Waals surface area contributed by atoms with Crippen LogP contribution in [0.15, 0.2) is 30.6 Å². The highest BCUT2D eigenvalue weighted by Gasteiger charge is 2.28. The molecule has 1 atom stereocenters. The summed E-state index contributed by atoms with van der Waals surface area (Å²) in [5.41, 5.74) is 1.11. The van der Waals surface area contributed by atoms with E-state index in [-0.39, 0.29) is 5.92 Å². The van der Waals surface area contributed by atoms with E-state index in [0.29, 0.717) is 0 Å². The van der Waals surface area contributed by atoms with Gasteiger partial charge in [0, 0.05) is 31.0 Å². The maximum absolute atomic E-state index is 10.6. The molecule has 2 aromatic rings. The number of aromatic nitrogens is 2. The fourth-order valence-electron chi connectivity index (χ4n) is 3.32. The van der Waals surface area contributed by atoms with Gasteiger partial charge in [0.1, 0.15) is 17.7 Å². The number of methoxy groups -OCH3 is 1. The highest BCUT2D eigenvalue weighted by Crippen LogP contribution is 2.31. The maximum Gasteiger partial charge on any atom is 0.137 e. The van der Waals surface area contributed by atoms with Crippen molar-refractivity contribution in [2.75, 3.05) is 20.2 Å². The molecular formula is C18H24ClN3O2. The number of aliphatic hydroxyl groups is 1. The van der Waals surface area contributed by atoms with Crippen LogP contribution >= 0.6 is 11.6 Å². The lowest BCUT2D eigenvalue weighted by Crippen LogP contribution is -2.35. The van der Waals surface area contributed by atoms with Crippen LogP contribution in [0.5, 0.6) is 5.75 Å². The third kappa shape index (κ3) is 3.74. The molecule has 0 amide bonds. The van der Waals surface area contributed by atoms with Crippen LogP contribution in [-0.2, 0) is 13.6 Å². The van der Waals surface area contributed by atoms with Gasteiger partial charge in [0.2, 0.25) is 0 Å². The Bertz CT molecular complexity index is 681. The van der Waals surface area contributed by atoms with Gasteiger partial charge in [-0.05, 0) is 49.5 Å². The SMILES string of the molecule is COc1ccc(CN2CCC(C(O)c3nccn3C)CC2)c(Cl)c1. The molecule has 1 aliphatic heterocycles. The van der Waals surface area contributed by atoms with Crippen LogP contribution in [0.1, 0.15) is 30.3 Å². The van der Waals surface area contributed by atoms with Gasteiger partial charge >= 0.3 is 0 Å². The average Bonchev–Trinajstić information content (AvgIpc) is 3.02. The Kier molecular flexibility index (Phi) is 5.43. The summed E-state index contributed by atoms with van der Waals surface area (Å²) in [5.74, 6) is 1.79. The Morgan fingerprint density at radius 1 is 1.38 bits per heavy atom. The van der Waals surface area contributed by atoms with Gasteiger partial charge in [-0.1, -0.05) is 17.7 Å². The molecule has 0 radical (unpaired) electrons. The van der Waals surface area contributed by atoms with Crippen molar-refractivity contribution >= 4 is 11.6 Å². The number of aryl methyl sites for hydroxylation is 1. The minimum atomic E-state index is -0.489. The molecule has 2 heterocycles. The molecule has 24 heavy (non-hydrogen) atoms. The van der Waals surface area contributed by atoms with Gasteiger partial charge in [0.15, 0.2) is 0 Å². The van der Waals surface area contributed by atoms with E-state index in [9.17, 15) is 5.11 Å². The second-order valence-electron chi connectivity index (χ2n) is 6.41. The lowest BCUT2D eigenvalue weighted by Gasteiger charge is -2.34. The number of likely N-dealkylation sites (tertiary alicyclic amines) is 1. The summed E-state index contributed by atoms with van der Waals surface area (Å²) in [5, 5.41) is 11.3. The zero-order valence-electron chi connectivity index (χ0n) is 14.2. The Balaban J connectivity index is 1.56. The third-order valence-corrected chi connectivity index (χ3v) is 5.21. The first-order valence-electron chi connectivity index (χ1n) is 8.28. The molecule has 5 nitrogen and oxygen atoms in total. The highest BCUT2D eigenvalue weighted by molar-refractivity contribution is 6.31. The molecule has 0 saturated carbocycles. The normalized spacial score (nSPS) is 17.8. The fraction of sp³-hybridized carbons (Fsp3) is 0.500. The first-order chi connectivity index (χ1) is 11.6. The molecule has 1 aromatic heterocycles. The second kappa shape index (κ2) is 7.55. The molecule has 130 valence electrons. The zero-order valence-corrected chi connectivity index (χ0v) is 14.9. The predicted molar refractivity (Wildman–Crippen MR) is 94.2 cm³/mol. The molecule has 1 fully saturated rings. The number of imidazole rings is 1. The van der Waals surface area contributed by atoms with Crippen molar-refractivity contribution in [2.24, 2.45) is 13.0 Å². The standard InChI is InChI=1S/C18H24ClN3O2/c1-21-10-7-20-18(21)17(23)13-5-8-22(9-6-13)12-14-3-4-15(24-2)11-16(14)19/h3-4,7,10-11,13,17,23H,5-6,8-9,12H2,1-2H3. The van der Waals surface area contributed by atoms with Crippen LogP contribution in [-0.4, -0.2) is 39.8 Å². The number of hydrogen-bond donors (Lipinski definition) is 1. The summed E-state index contributed by atoms with van der Waals surface area (Å²) in [6.07, 6.45) is 5.04. The molecule has 0 spiro atoms. The smallest absolute Gasteiger partial charge is 0.137 e. The fourth-order valence-corrected chi connectivity index (χ4v) is 3.55. The van der Waals surface area contributed by atoms with Gasteiger partial charge in [0.25, 0.3) is 0 Å². The molecule has 1 N–H and O–H groups in total. The number of halogens is 1. The summed E-state index contributed by atoms with van der Waals surface area (Å²) in [7, 11) is 3.56. The Morgan fingerprint density at radius 2 is 2.12 bits per heavy atom. The minimum Gasteiger partial charge on any atom is -0.497 e. The van der Waals surface area contributed by atoms with Crippen LogP contribution < -0.4 is 4.74 Å². The first kappa shape index (κ1) is 17.3. The summed E-state index contributed by atoms with van der Waals surface area (Å²) in [4.78, 5) is 6.66. The largest absolute Gasteiger partial charge is 0.497 e. The molecule has 1 aromatic carbocycles. The molecule has 6 heteroatoms. The quantitative estimate of drug-likeness (QED) is 0.901. The number of nitrogens with zero attached hydrogens (tertiary/aromatic N) is 3. The van der Waals surface area contributed by atoms with Gasteiger partial charge in [0.05, 0.1) is 7.11 Å². The first-order valence-corrected chi connectivity index (χ1v) is 8.66. The maximum atomic E-state index is 10.6. The number of benzene rings is 1. The van der Waals surface area contributed by atoms with Crippen LogP contribution in [0, 0.1) is 5.92 Å². The molecule has 0 aliphatic carbocycles. The Morgan fingerprint density at radius 3 is 2.71 bits per heavy atom. The van der Waals surface area contributed by atoms with E-state index in [4.69, 9.17) is 16.3 Å². The molecule has 1 saturated heterocycles. The lowest BCUT2D eigenvalue weighted by molar-refractivity contribution is 0.0492. The van der Waals surface area contributed by atoms with Crippen molar-refractivity contribution in [3.8, 4) is 5.75 Å². The van der Waals surface area contributed by atoms with Crippen molar-refractivity contribution in [1.29, 1.82) is 0 Å². The molecule has 3 rings (SSSR count). The van der Waals surface area contributed by atoms with Crippen molar-refractivity contribution in [3.63, 3.8) is 0 Å². The van der Waals surface area contributed by atoms with Crippen LogP contribution in [0.2, 0.25) is 5.02 Å². The Labute approximate surface area is 147 Å². The Hall–Kier alpha value is -1.56. The van der Waals surface area contributed by atoms with Crippen molar-refractivity contribution < 1.29 is 9.84 Å². The van der Waals surface area contributed by atoms with Crippen molar-refractivity contribution in [3.05, 3.63) is 47.0 Å². The average molecular weight is 350 g/mol. The highest BCUT2D eigenvalue weighted by atomic mass is 35.5. The second-order valence-corrected chi connectivity index (χ2v) is 6.82. The van der Waals surface area contributed by atoms with Crippen LogP contribution in [0.25, 0.3) is 0 Å². The van der Waals surface area contributed by atoms with Crippen molar-refractivity contribution in [1.82, 2.24) is 14.5 Å². The number of rotatable bonds is 5. The van der Waals surface area contributed by atoms with Gasteiger partial charge in [-0.3, -0.25) is 4.90 Å². The van der Waals surface area contributed by atoms with E-state index < -0.39 is 6.10 Å². The van der Waals surface area contributed by atoms with E-state index in [1.807, 2.05) is 36.0 Å². The summed E-state index contributed by atoms with van der Waals surface area (Å²) in [6.45, 7) is 2.73. The molecule has 0 bridgehead atoms. The summed E-state index contributed by atoms with van der Waals surface area (Å²) >= 11 is 6.33. The minimum absolute atomic E-state index is 0.258. The van der Waals surface area contributed by atoms with Crippen molar-refractivity contribution in [2.45, 2.75) is 25.5 Å². The summed E-state index contributed by atoms with van der Waals surface area (Å²) in [6, 6.07) is 5.82. The van der Waals surface area contributed by atoms with Gasteiger partial charge in [-0.15, -0.1) is 0 Å². The van der Waals surface area contributed by atoms with E-state index in [0.717, 1.165) is 54.6 Å². The monoisotopic (exact) mass is 349 g/mol. The van der Waals surface area contributed by atoms with Crippen LogP contribution in [0.3, 0.4) is 0 Å².